The van der Waals surface area contributed by atoms with Gasteiger partial charge in [0.25, 0.3) is 0 Å². The van der Waals surface area contributed by atoms with Crippen molar-refractivity contribution in [1.82, 2.24) is 18.5 Å². The Morgan fingerprint density at radius 1 is 0.677 bits per heavy atom. The summed E-state index contributed by atoms with van der Waals surface area (Å²) >= 11 is 0. The molecule has 2 atom stereocenters. The summed E-state index contributed by atoms with van der Waals surface area (Å²) in [5, 5.41) is 2.23. The Kier molecular flexibility index (Phi) is 9.42. The first-order valence-electron chi connectivity index (χ1n) is 21.6. The zero-order chi connectivity index (χ0) is 42.4. The van der Waals surface area contributed by atoms with Gasteiger partial charge in [0.05, 0.1) is 6.67 Å². The summed E-state index contributed by atoms with van der Waals surface area (Å²) in [5.74, 6) is 1.21. The van der Waals surface area contributed by atoms with E-state index in [2.05, 4.69) is 196 Å². The summed E-state index contributed by atoms with van der Waals surface area (Å²) in [7, 11) is 0. The van der Waals surface area contributed by atoms with Crippen LogP contribution in [0.1, 0.15) is 53.0 Å². The topological polar surface area (TPSA) is 27.1 Å². The molecule has 3 aliphatic rings. The second-order valence-electron chi connectivity index (χ2n) is 17.7. The molecule has 0 aliphatic carbocycles. The van der Waals surface area contributed by atoms with E-state index in [4.69, 9.17) is 9.72 Å². The van der Waals surface area contributed by atoms with E-state index >= 15 is 0 Å². The average molecular weight is 988 g/mol. The first-order valence-corrected chi connectivity index (χ1v) is 21.1. The van der Waals surface area contributed by atoms with Crippen LogP contribution in [0, 0.1) is 18.8 Å². The Hall–Kier alpha value is -6.10. The molecule has 5 nitrogen and oxygen atoms in total. The second kappa shape index (κ2) is 15.1. The third-order valence-corrected chi connectivity index (χ3v) is 12.6. The van der Waals surface area contributed by atoms with Crippen LogP contribution in [0.4, 0.5) is 22.7 Å². The summed E-state index contributed by atoms with van der Waals surface area (Å²) in [4.78, 5) is 4.87. The molecule has 0 spiro atoms. The molecule has 0 amide bonds. The molecule has 62 heavy (non-hydrogen) atoms. The molecule has 1 fully saturated rings. The molecular formula is C56H47N4OPt-. The number of aromatic nitrogens is 2. The minimum atomic E-state index is -0.850. The molecule has 3 aliphatic heterocycles. The van der Waals surface area contributed by atoms with Crippen LogP contribution < -0.4 is 13.7 Å². The number of ether oxygens (including phenoxy) is 1. The minimum Gasteiger partial charge on any atom is -0.509 e. The monoisotopic (exact) mass is 987 g/mol. The molecule has 1 saturated heterocycles. The van der Waals surface area contributed by atoms with E-state index in [1.165, 1.54) is 22.4 Å². The maximum absolute atomic E-state index is 9.49. The predicted molar refractivity (Wildman–Crippen MR) is 251 cm³/mol. The second-order valence-corrected chi connectivity index (χ2v) is 17.7. The standard InChI is InChI=1S/C56H47N4O.Pt/c1-38(2)45-24-16-28-52-55(45)60(54-46(39-17-8-6-9-18-39)25-15-26-47(54)40-19-10-7-11-20-40)36-59(52,37-60)42-21-14-22-43(34-42)61-44-29-30-49-48-23-12-13-27-50(48)58(51(49)35-44)53-33-41(31-32-57-53)56(3,4)5;/h6-33,36,38H,37H2,1-5H3;/q-1;/t59-,60+;/m1./s1/i38D;. The van der Waals surface area contributed by atoms with Crippen molar-refractivity contribution in [2.45, 2.75) is 45.9 Å². The molecule has 7 aromatic carbocycles. The molecule has 2 aromatic heterocycles. The molecule has 0 N–H and O–H groups in total. The Bertz CT molecular complexity index is 3140. The summed E-state index contributed by atoms with van der Waals surface area (Å²) in [6.07, 6.45) is 1.90. The smallest absolute Gasteiger partial charge is 0.184 e. The van der Waals surface area contributed by atoms with Gasteiger partial charge in [0, 0.05) is 74.1 Å². The van der Waals surface area contributed by atoms with Crippen LogP contribution in [0.2, 0.25) is 0 Å². The molecule has 0 unspecified atom stereocenters. The number of para-hydroxylation sites is 3. The molecular weight excluding hydrogens is 940 g/mol. The Morgan fingerprint density at radius 2 is 1.32 bits per heavy atom. The summed E-state index contributed by atoms with van der Waals surface area (Å²) in [6, 6.07) is 65.1. The van der Waals surface area contributed by atoms with Gasteiger partial charge in [0.15, 0.2) is 18.0 Å². The molecule has 5 heterocycles. The van der Waals surface area contributed by atoms with Crippen molar-refractivity contribution in [3.05, 3.63) is 200 Å². The van der Waals surface area contributed by atoms with E-state index in [9.17, 15) is 1.37 Å². The number of benzene rings is 7. The zero-order valence-corrected chi connectivity index (χ0v) is 37.7. The maximum Gasteiger partial charge on any atom is 0.184 e. The van der Waals surface area contributed by atoms with Crippen LogP contribution in [0.3, 0.4) is 0 Å². The fourth-order valence-electron chi connectivity index (χ4n) is 9.82. The number of hydrogen-bond acceptors (Lipinski definition) is 2. The number of rotatable bonds is 8. The van der Waals surface area contributed by atoms with Crippen LogP contribution in [0.15, 0.2) is 170 Å². The van der Waals surface area contributed by atoms with E-state index in [0.29, 0.717) is 27.1 Å². The first kappa shape index (κ1) is 38.8. The van der Waals surface area contributed by atoms with Crippen LogP contribution in [0.25, 0.3) is 49.9 Å². The van der Waals surface area contributed by atoms with Crippen molar-refractivity contribution in [1.29, 1.82) is 0 Å². The quantitative estimate of drug-likeness (QED) is 0.112. The van der Waals surface area contributed by atoms with Crippen molar-refractivity contribution >= 4 is 44.6 Å². The fraction of sp³-hybridized carbons (Fsp3) is 0.143. The number of hydrogen-bond donors (Lipinski definition) is 0. The van der Waals surface area contributed by atoms with Gasteiger partial charge in [-0.25, -0.2) is 4.98 Å². The van der Waals surface area contributed by atoms with Crippen molar-refractivity contribution in [3.63, 3.8) is 0 Å². The Morgan fingerprint density at radius 3 is 2.02 bits per heavy atom. The van der Waals surface area contributed by atoms with Gasteiger partial charge in [0.2, 0.25) is 0 Å². The Balaban J connectivity index is 0.00000471. The van der Waals surface area contributed by atoms with Gasteiger partial charge < -0.3 is 13.8 Å². The van der Waals surface area contributed by atoms with Crippen molar-refractivity contribution in [2.24, 2.45) is 0 Å². The van der Waals surface area contributed by atoms with Gasteiger partial charge in [-0.2, -0.15) is 12.1 Å². The van der Waals surface area contributed by atoms with Gasteiger partial charge >= 0.3 is 0 Å². The van der Waals surface area contributed by atoms with Crippen LogP contribution in [-0.2, 0) is 26.5 Å². The maximum atomic E-state index is 9.49. The van der Waals surface area contributed by atoms with E-state index < -0.39 is 5.89 Å². The van der Waals surface area contributed by atoms with E-state index in [1.807, 2.05) is 32.2 Å². The number of nitrogens with zero attached hydrogens (tertiary/aromatic N) is 4. The summed E-state index contributed by atoms with van der Waals surface area (Å²) in [6.45, 7) is 13.8. The zero-order valence-electron chi connectivity index (χ0n) is 36.5. The predicted octanol–water partition coefficient (Wildman–Crippen LogP) is 14.7. The molecule has 12 rings (SSSR count). The molecule has 6 heteroatoms. The van der Waals surface area contributed by atoms with Gasteiger partial charge in [-0.3, -0.25) is 4.48 Å². The van der Waals surface area contributed by atoms with Crippen LogP contribution in [0.5, 0.6) is 11.5 Å². The van der Waals surface area contributed by atoms with E-state index in [1.54, 1.807) is 0 Å². The summed E-state index contributed by atoms with van der Waals surface area (Å²) < 4.78 is 19.4. The SMILES string of the molecule is [2H]C(C)(C)c1cccc2c1[N@@+]1(c3c(-c4ccccc4)cccc3-c3ccccc3)[CH-][N@+]2(c2[c-]c(Oc3[c-]c4c(cc3)c3ccccc3n4-c3cc(C(C)(C)C)ccn3)ccc2)C1.[Pt]. The minimum absolute atomic E-state index is 0. The number of fused-ring (bicyclic) bond motifs is 3. The number of quaternary nitrogens is 2. The molecule has 9 aromatic rings. The largest absolute Gasteiger partial charge is 0.509 e. The average Bonchev–Trinajstić information content (AvgIpc) is 3.87. The molecule has 0 radical (unpaired) electrons. The first-order chi connectivity index (χ1) is 29.9. The Labute approximate surface area is 380 Å². The third-order valence-electron chi connectivity index (χ3n) is 12.6. The van der Waals surface area contributed by atoms with Gasteiger partial charge in [-0.1, -0.05) is 143 Å². The van der Waals surface area contributed by atoms with Crippen molar-refractivity contribution in [2.75, 3.05) is 6.67 Å². The van der Waals surface area contributed by atoms with Crippen LogP contribution >= 0.6 is 0 Å². The van der Waals surface area contributed by atoms with Crippen LogP contribution in [-0.4, -0.2) is 16.2 Å². The third kappa shape index (κ3) is 6.21. The fourth-order valence-corrected chi connectivity index (χ4v) is 9.82. The molecule has 0 saturated carbocycles. The van der Waals surface area contributed by atoms with E-state index in [-0.39, 0.29) is 26.5 Å². The molecule has 2 bridgehead atoms. The van der Waals surface area contributed by atoms with Gasteiger partial charge in [-0.05, 0) is 63.7 Å². The molecule has 308 valence electrons. The number of pyridine rings is 1. The van der Waals surface area contributed by atoms with E-state index in [0.717, 1.165) is 61.4 Å². The normalized spacial score (nSPS) is 18.2. The summed E-state index contributed by atoms with van der Waals surface area (Å²) in [5.41, 5.74) is 13.3. The van der Waals surface area contributed by atoms with Gasteiger partial charge in [-0.15, -0.1) is 29.7 Å². The van der Waals surface area contributed by atoms with Crippen molar-refractivity contribution < 1.29 is 27.2 Å². The van der Waals surface area contributed by atoms with Gasteiger partial charge in [0.1, 0.15) is 11.5 Å². The van der Waals surface area contributed by atoms with Crippen molar-refractivity contribution in [3.8, 4) is 39.6 Å².